The average molecular weight is 323 g/mol. The van der Waals surface area contributed by atoms with Crippen molar-refractivity contribution < 1.29 is 13.9 Å². The van der Waals surface area contributed by atoms with Crippen molar-refractivity contribution in [1.82, 2.24) is 10.6 Å². The lowest BCUT2D eigenvalue weighted by atomic mass is 10.2. The number of hydrogen-bond acceptors (Lipinski definition) is 4. The normalized spacial score (nSPS) is 17.4. The molecule has 1 aromatic rings. The second-order valence-electron chi connectivity index (χ2n) is 5.85. The van der Waals surface area contributed by atoms with Gasteiger partial charge in [-0.25, -0.2) is 0 Å². The topological polar surface area (TPSA) is 68.0 Å². The fourth-order valence-electron chi connectivity index (χ4n) is 2.39. The Bertz CT molecular complexity index is 454. The summed E-state index contributed by atoms with van der Waals surface area (Å²) in [5.41, 5.74) is 0. The summed E-state index contributed by atoms with van der Waals surface area (Å²) in [4.78, 5) is 4.60. The van der Waals surface area contributed by atoms with Gasteiger partial charge in [0.05, 0.1) is 19.5 Å². The molecule has 130 valence electrons. The number of ether oxygens (including phenoxy) is 2. The van der Waals surface area contributed by atoms with Crippen molar-refractivity contribution in [1.29, 1.82) is 0 Å². The molecule has 1 saturated heterocycles. The largest absolute Gasteiger partial charge is 0.469 e. The van der Waals surface area contributed by atoms with E-state index in [-0.39, 0.29) is 0 Å². The van der Waals surface area contributed by atoms with Gasteiger partial charge in [0.15, 0.2) is 11.7 Å². The van der Waals surface area contributed by atoms with Crippen LogP contribution in [0.15, 0.2) is 27.8 Å². The quantitative estimate of drug-likeness (QED) is 0.415. The van der Waals surface area contributed by atoms with Crippen LogP contribution in [0.4, 0.5) is 0 Å². The molecule has 1 aromatic heterocycles. The Hall–Kier alpha value is -1.53. The van der Waals surface area contributed by atoms with Gasteiger partial charge in [0.25, 0.3) is 0 Å². The number of aliphatic imine (C=N–C) groups is 1. The van der Waals surface area contributed by atoms with Crippen LogP contribution in [0.3, 0.4) is 0 Å². The minimum Gasteiger partial charge on any atom is -0.469 e. The molecule has 1 aliphatic heterocycles. The van der Waals surface area contributed by atoms with E-state index in [0.29, 0.717) is 13.2 Å². The lowest BCUT2D eigenvalue weighted by Gasteiger charge is -2.23. The number of unbranched alkanes of at least 4 members (excludes halogenated alkanes) is 1. The van der Waals surface area contributed by atoms with E-state index in [2.05, 4.69) is 22.5 Å². The van der Waals surface area contributed by atoms with Gasteiger partial charge in [-0.05, 0) is 25.5 Å². The lowest BCUT2D eigenvalue weighted by molar-refractivity contribution is -0.145. The molecule has 1 fully saturated rings. The monoisotopic (exact) mass is 323 g/mol. The van der Waals surface area contributed by atoms with Crippen LogP contribution in [-0.4, -0.2) is 44.6 Å². The molecular weight excluding hydrogens is 294 g/mol. The second kappa shape index (κ2) is 9.57. The Morgan fingerprint density at radius 3 is 2.74 bits per heavy atom. The highest BCUT2D eigenvalue weighted by Gasteiger charge is 2.30. The predicted molar refractivity (Wildman–Crippen MR) is 90.6 cm³/mol. The molecule has 2 N–H and O–H groups in total. The van der Waals surface area contributed by atoms with Crippen LogP contribution in [0, 0.1) is 0 Å². The van der Waals surface area contributed by atoms with Crippen molar-refractivity contribution in [2.45, 2.75) is 45.3 Å². The number of nitrogens with zero attached hydrogens (tertiary/aromatic N) is 1. The maximum Gasteiger partial charge on any atom is 0.191 e. The molecule has 6 nitrogen and oxygen atoms in total. The van der Waals surface area contributed by atoms with Crippen molar-refractivity contribution in [3.8, 4) is 0 Å². The van der Waals surface area contributed by atoms with Crippen molar-refractivity contribution in [3.05, 3.63) is 24.2 Å². The fraction of sp³-hybridized carbons (Fsp3) is 0.706. The van der Waals surface area contributed by atoms with Crippen LogP contribution in [0.2, 0.25) is 0 Å². The fourth-order valence-corrected chi connectivity index (χ4v) is 2.39. The van der Waals surface area contributed by atoms with E-state index >= 15 is 0 Å². The maximum atomic E-state index is 5.62. The Labute approximate surface area is 138 Å². The number of rotatable bonds is 9. The SMILES string of the molecule is CCCCN=C(NCCc1ccco1)NCCC1(C)OCCO1. The minimum atomic E-state index is -0.463. The van der Waals surface area contributed by atoms with E-state index in [9.17, 15) is 0 Å². The van der Waals surface area contributed by atoms with Crippen LogP contribution in [0.1, 0.15) is 38.9 Å². The molecule has 0 spiro atoms. The molecule has 0 saturated carbocycles. The zero-order chi connectivity index (χ0) is 16.4. The molecule has 0 aliphatic carbocycles. The van der Waals surface area contributed by atoms with Crippen LogP contribution in [-0.2, 0) is 15.9 Å². The van der Waals surface area contributed by atoms with E-state index < -0.39 is 5.79 Å². The highest BCUT2D eigenvalue weighted by atomic mass is 16.7. The second-order valence-corrected chi connectivity index (χ2v) is 5.85. The molecule has 1 aliphatic rings. The van der Waals surface area contributed by atoms with Gasteiger partial charge in [-0.1, -0.05) is 13.3 Å². The Kier molecular flexibility index (Phi) is 7.42. The molecular formula is C17H29N3O3. The summed E-state index contributed by atoms with van der Waals surface area (Å²) in [5.74, 6) is 1.35. The van der Waals surface area contributed by atoms with Gasteiger partial charge >= 0.3 is 0 Å². The molecule has 0 unspecified atom stereocenters. The molecule has 0 radical (unpaired) electrons. The summed E-state index contributed by atoms with van der Waals surface area (Å²) >= 11 is 0. The lowest BCUT2D eigenvalue weighted by Crippen LogP contribution is -2.41. The summed E-state index contributed by atoms with van der Waals surface area (Å²) in [6, 6.07) is 3.89. The number of hydrogen-bond donors (Lipinski definition) is 2. The zero-order valence-corrected chi connectivity index (χ0v) is 14.3. The standard InChI is InChI=1S/C17H29N3O3/c1-3-4-9-18-16(19-10-7-15-6-5-12-21-15)20-11-8-17(2)22-13-14-23-17/h5-6,12H,3-4,7-11,13-14H2,1-2H3,(H2,18,19,20). The first kappa shape index (κ1) is 17.8. The molecule has 0 amide bonds. The first-order valence-electron chi connectivity index (χ1n) is 8.54. The van der Waals surface area contributed by atoms with Gasteiger partial charge in [-0.2, -0.15) is 0 Å². The average Bonchev–Trinajstić information content (AvgIpc) is 3.19. The Morgan fingerprint density at radius 2 is 2.04 bits per heavy atom. The van der Waals surface area contributed by atoms with E-state index in [1.807, 2.05) is 19.1 Å². The van der Waals surface area contributed by atoms with Gasteiger partial charge in [-0.3, -0.25) is 4.99 Å². The zero-order valence-electron chi connectivity index (χ0n) is 14.3. The summed E-state index contributed by atoms with van der Waals surface area (Å²) in [5, 5.41) is 6.71. The number of guanidine groups is 1. The van der Waals surface area contributed by atoms with Crippen molar-refractivity contribution in [2.24, 2.45) is 4.99 Å². The molecule has 6 heteroatoms. The van der Waals surface area contributed by atoms with Crippen LogP contribution < -0.4 is 10.6 Å². The summed E-state index contributed by atoms with van der Waals surface area (Å²) in [7, 11) is 0. The first-order chi connectivity index (χ1) is 11.2. The van der Waals surface area contributed by atoms with E-state index in [1.54, 1.807) is 6.26 Å². The summed E-state index contributed by atoms with van der Waals surface area (Å²) in [6.07, 6.45) is 5.56. The molecule has 0 atom stereocenters. The van der Waals surface area contributed by atoms with E-state index in [1.165, 1.54) is 0 Å². The molecule has 2 rings (SSSR count). The maximum absolute atomic E-state index is 5.62. The van der Waals surface area contributed by atoms with Gasteiger partial charge in [0.1, 0.15) is 5.76 Å². The third-order valence-corrected chi connectivity index (χ3v) is 3.80. The van der Waals surface area contributed by atoms with E-state index in [4.69, 9.17) is 13.9 Å². The third kappa shape index (κ3) is 6.62. The van der Waals surface area contributed by atoms with Crippen LogP contribution in [0.25, 0.3) is 0 Å². The minimum absolute atomic E-state index is 0.463. The van der Waals surface area contributed by atoms with Gasteiger partial charge in [0.2, 0.25) is 0 Å². The molecule has 23 heavy (non-hydrogen) atoms. The van der Waals surface area contributed by atoms with Crippen molar-refractivity contribution in [2.75, 3.05) is 32.8 Å². The summed E-state index contributed by atoms with van der Waals surface area (Å²) < 4.78 is 16.6. The predicted octanol–water partition coefficient (Wildman–Crippen LogP) is 2.31. The molecule has 2 heterocycles. The highest BCUT2D eigenvalue weighted by Crippen LogP contribution is 2.21. The molecule has 0 bridgehead atoms. The van der Waals surface area contributed by atoms with Gasteiger partial charge in [-0.15, -0.1) is 0 Å². The van der Waals surface area contributed by atoms with E-state index in [0.717, 1.165) is 57.0 Å². The van der Waals surface area contributed by atoms with Crippen molar-refractivity contribution in [3.63, 3.8) is 0 Å². The number of nitrogens with one attached hydrogen (secondary N) is 2. The Morgan fingerprint density at radius 1 is 1.26 bits per heavy atom. The summed E-state index contributed by atoms with van der Waals surface area (Å²) in [6.45, 7) is 7.88. The van der Waals surface area contributed by atoms with Gasteiger partial charge < -0.3 is 24.5 Å². The van der Waals surface area contributed by atoms with Gasteiger partial charge in [0, 0.05) is 32.5 Å². The van der Waals surface area contributed by atoms with Crippen LogP contribution in [0.5, 0.6) is 0 Å². The Balaban J connectivity index is 1.72. The van der Waals surface area contributed by atoms with Crippen LogP contribution >= 0.6 is 0 Å². The number of furan rings is 1. The first-order valence-corrected chi connectivity index (χ1v) is 8.54. The molecule has 0 aromatic carbocycles. The highest BCUT2D eigenvalue weighted by molar-refractivity contribution is 5.79. The smallest absolute Gasteiger partial charge is 0.191 e. The van der Waals surface area contributed by atoms with Crippen molar-refractivity contribution >= 4 is 5.96 Å². The third-order valence-electron chi connectivity index (χ3n) is 3.80.